The molecule has 0 radical (unpaired) electrons. The van der Waals surface area contributed by atoms with Crippen LogP contribution >= 0.6 is 0 Å². The topological polar surface area (TPSA) is 87.4 Å². The molecule has 4 rings (SSSR count). The van der Waals surface area contributed by atoms with Gasteiger partial charge in [0, 0.05) is 22.9 Å². The molecule has 0 amide bonds. The van der Waals surface area contributed by atoms with Gasteiger partial charge in [-0.15, -0.1) is 0 Å². The van der Waals surface area contributed by atoms with Crippen LogP contribution in [0.2, 0.25) is 0 Å². The predicted octanol–water partition coefficient (Wildman–Crippen LogP) is 2.74. The van der Waals surface area contributed by atoms with Crippen molar-refractivity contribution in [2.75, 3.05) is 6.61 Å². The van der Waals surface area contributed by atoms with Gasteiger partial charge < -0.3 is 4.74 Å². The van der Waals surface area contributed by atoms with Gasteiger partial charge in [0.05, 0.1) is 0 Å². The molecule has 2 aliphatic rings. The Morgan fingerprint density at radius 3 is 2.42 bits per heavy atom. The van der Waals surface area contributed by atoms with Crippen LogP contribution in [0, 0.1) is 6.92 Å². The van der Waals surface area contributed by atoms with E-state index in [2.05, 4.69) is 0 Å². The van der Waals surface area contributed by atoms with Crippen molar-refractivity contribution >= 4 is 11.8 Å². The molecule has 7 heteroatoms. The average molecular weight is 424 g/mol. The summed E-state index contributed by atoms with van der Waals surface area (Å²) < 4.78 is 7.96. The molecule has 2 aromatic rings. The van der Waals surface area contributed by atoms with Crippen LogP contribution in [-0.4, -0.2) is 27.5 Å². The maximum atomic E-state index is 13.2. The van der Waals surface area contributed by atoms with Crippen molar-refractivity contribution in [3.8, 4) is 0 Å². The minimum absolute atomic E-state index is 0.106. The zero-order valence-corrected chi connectivity index (χ0v) is 17.9. The van der Waals surface area contributed by atoms with Gasteiger partial charge in [-0.1, -0.05) is 49.1 Å². The number of ketones is 1. The summed E-state index contributed by atoms with van der Waals surface area (Å²) in [5, 5.41) is 0. The molecule has 0 spiro atoms. The lowest BCUT2D eigenvalue weighted by molar-refractivity contribution is -0.143. The summed E-state index contributed by atoms with van der Waals surface area (Å²) in [6.45, 7) is 1.27. The Morgan fingerprint density at radius 1 is 1.00 bits per heavy atom. The van der Waals surface area contributed by atoms with E-state index in [0.717, 1.165) is 44.1 Å². The van der Waals surface area contributed by atoms with Gasteiger partial charge in [-0.05, 0) is 39.0 Å². The monoisotopic (exact) mass is 424 g/mol. The lowest BCUT2D eigenvalue weighted by Gasteiger charge is -2.25. The van der Waals surface area contributed by atoms with Crippen molar-refractivity contribution in [3.63, 3.8) is 0 Å². The van der Waals surface area contributed by atoms with E-state index in [0.29, 0.717) is 29.7 Å². The van der Waals surface area contributed by atoms with Gasteiger partial charge in [0.2, 0.25) is 0 Å². The second-order valence-electron chi connectivity index (χ2n) is 8.56. The number of Topliss-reactive ketones (excluding diaryl/α,β-unsaturated/α-hetero) is 1. The number of carbonyl (C=O) groups is 2. The number of rotatable bonds is 6. The number of aromatic nitrogens is 2. The molecule has 0 saturated heterocycles. The zero-order valence-electron chi connectivity index (χ0n) is 17.9. The lowest BCUT2D eigenvalue weighted by atomic mass is 9.95. The third-order valence-electron chi connectivity index (χ3n) is 6.39. The Labute approximate surface area is 180 Å². The van der Waals surface area contributed by atoms with Gasteiger partial charge in [0.25, 0.3) is 5.56 Å². The number of hydrogen-bond acceptors (Lipinski definition) is 5. The molecule has 0 bridgehead atoms. The van der Waals surface area contributed by atoms with E-state index in [9.17, 15) is 19.2 Å². The fourth-order valence-corrected chi connectivity index (χ4v) is 4.70. The molecule has 1 saturated carbocycles. The first-order chi connectivity index (χ1) is 15.0. The molecule has 1 aromatic carbocycles. The summed E-state index contributed by atoms with van der Waals surface area (Å²) in [6, 6.07) is 6.94. The zero-order chi connectivity index (χ0) is 22.0. The first kappa shape index (κ1) is 21.3. The van der Waals surface area contributed by atoms with Crippen LogP contribution in [0.3, 0.4) is 0 Å². The highest BCUT2D eigenvalue weighted by Gasteiger charge is 2.28. The molecule has 2 aliphatic carbocycles. The second-order valence-corrected chi connectivity index (χ2v) is 8.56. The molecule has 7 nitrogen and oxygen atoms in total. The number of nitrogens with zero attached hydrogens (tertiary/aromatic N) is 2. The molecule has 164 valence electrons. The Morgan fingerprint density at radius 2 is 1.71 bits per heavy atom. The molecule has 0 unspecified atom stereocenters. The summed E-state index contributed by atoms with van der Waals surface area (Å²) in [4.78, 5) is 51.0. The van der Waals surface area contributed by atoms with E-state index in [1.807, 2.05) is 19.1 Å². The average Bonchev–Trinajstić information content (AvgIpc) is 3.26. The van der Waals surface area contributed by atoms with Crippen molar-refractivity contribution in [3.05, 3.63) is 67.5 Å². The van der Waals surface area contributed by atoms with Crippen molar-refractivity contribution in [2.24, 2.45) is 0 Å². The van der Waals surface area contributed by atoms with Crippen LogP contribution in [0.5, 0.6) is 0 Å². The highest BCUT2D eigenvalue weighted by Crippen LogP contribution is 2.27. The fraction of sp³-hybridized carbons (Fsp3) is 0.500. The Hall–Kier alpha value is -2.96. The summed E-state index contributed by atoms with van der Waals surface area (Å²) in [5.74, 6) is -0.941. The summed E-state index contributed by atoms with van der Waals surface area (Å²) >= 11 is 0. The smallest absolute Gasteiger partial charge is 0.332 e. The van der Waals surface area contributed by atoms with E-state index in [1.165, 1.54) is 9.13 Å². The third kappa shape index (κ3) is 4.40. The van der Waals surface area contributed by atoms with E-state index in [1.54, 1.807) is 12.1 Å². The molecular weight excluding hydrogens is 396 g/mol. The maximum absolute atomic E-state index is 13.2. The molecule has 0 atom stereocenters. The molecular formula is C24H28N2O5. The van der Waals surface area contributed by atoms with E-state index in [-0.39, 0.29) is 30.5 Å². The van der Waals surface area contributed by atoms with E-state index < -0.39 is 11.7 Å². The summed E-state index contributed by atoms with van der Waals surface area (Å²) in [7, 11) is 0. The van der Waals surface area contributed by atoms with Gasteiger partial charge >= 0.3 is 11.7 Å². The number of hydrogen-bond donors (Lipinski definition) is 0. The summed E-state index contributed by atoms with van der Waals surface area (Å²) in [5.41, 5.74) is 2.18. The van der Waals surface area contributed by atoms with Crippen molar-refractivity contribution < 1.29 is 14.3 Å². The third-order valence-corrected chi connectivity index (χ3v) is 6.39. The van der Waals surface area contributed by atoms with Crippen LogP contribution in [0.25, 0.3) is 0 Å². The first-order valence-electron chi connectivity index (χ1n) is 11.1. The first-order valence-corrected chi connectivity index (χ1v) is 11.1. The van der Waals surface area contributed by atoms with Gasteiger partial charge in [0.15, 0.2) is 12.4 Å². The molecule has 1 fully saturated rings. The van der Waals surface area contributed by atoms with Gasteiger partial charge in [-0.2, -0.15) is 0 Å². The SMILES string of the molecule is Cc1ccc(C(=O)COC(=O)Cn2c3c(c(=O)n(C4CCCCC4)c2=O)CCC3)cc1. The van der Waals surface area contributed by atoms with Crippen molar-refractivity contribution in [1.82, 2.24) is 9.13 Å². The Balaban J connectivity index is 1.53. The Kier molecular flexibility index (Phi) is 6.20. The van der Waals surface area contributed by atoms with E-state index in [4.69, 9.17) is 4.74 Å². The van der Waals surface area contributed by atoms with Gasteiger partial charge in [0.1, 0.15) is 6.54 Å². The number of esters is 1. The van der Waals surface area contributed by atoms with Crippen molar-refractivity contribution in [2.45, 2.75) is 70.9 Å². The quantitative estimate of drug-likeness (QED) is 0.526. The van der Waals surface area contributed by atoms with Crippen molar-refractivity contribution in [1.29, 1.82) is 0 Å². The van der Waals surface area contributed by atoms with Crippen LogP contribution in [-0.2, 0) is 28.9 Å². The molecule has 0 aliphatic heterocycles. The number of benzene rings is 1. The van der Waals surface area contributed by atoms with Crippen LogP contribution in [0.4, 0.5) is 0 Å². The van der Waals surface area contributed by atoms with Gasteiger partial charge in [-0.3, -0.25) is 23.5 Å². The molecule has 31 heavy (non-hydrogen) atoms. The minimum atomic E-state index is -0.648. The van der Waals surface area contributed by atoms with Crippen LogP contribution < -0.4 is 11.2 Å². The maximum Gasteiger partial charge on any atom is 0.332 e. The lowest BCUT2D eigenvalue weighted by Crippen LogP contribution is -2.46. The minimum Gasteiger partial charge on any atom is -0.456 e. The second kappa shape index (κ2) is 9.04. The molecule has 1 heterocycles. The molecule has 0 N–H and O–H groups in total. The van der Waals surface area contributed by atoms with Crippen LogP contribution in [0.15, 0.2) is 33.9 Å². The molecule has 1 aromatic heterocycles. The van der Waals surface area contributed by atoms with Gasteiger partial charge in [-0.25, -0.2) is 4.79 Å². The Bertz CT molecular complexity index is 1100. The largest absolute Gasteiger partial charge is 0.456 e. The standard InChI is InChI=1S/C24H28N2O5/c1-16-10-12-17(13-11-16)21(27)15-31-22(28)14-25-20-9-5-8-19(20)23(29)26(24(25)30)18-6-3-2-4-7-18/h10-13,18H,2-9,14-15H2,1H3. The predicted molar refractivity (Wildman–Crippen MR) is 116 cm³/mol. The summed E-state index contributed by atoms with van der Waals surface area (Å²) in [6.07, 6.45) is 6.74. The number of carbonyl (C=O) groups excluding carboxylic acids is 2. The number of fused-ring (bicyclic) bond motifs is 1. The fourth-order valence-electron chi connectivity index (χ4n) is 4.70. The number of ether oxygens (including phenoxy) is 1. The highest BCUT2D eigenvalue weighted by molar-refractivity contribution is 5.97. The normalized spacial score (nSPS) is 16.2. The van der Waals surface area contributed by atoms with Crippen LogP contribution in [0.1, 0.15) is 71.7 Å². The number of aryl methyl sites for hydroxylation is 1. The van der Waals surface area contributed by atoms with E-state index >= 15 is 0 Å². The highest BCUT2D eigenvalue weighted by atomic mass is 16.5.